The number of hydrogen-bond acceptors (Lipinski definition) is 4. The fourth-order valence-corrected chi connectivity index (χ4v) is 3.21. The first kappa shape index (κ1) is 16.1. The quantitative estimate of drug-likeness (QED) is 0.565. The van der Waals surface area contributed by atoms with Crippen LogP contribution in [0.2, 0.25) is 0 Å². The molecular formula is C21H19N3O2. The Balaban J connectivity index is 1.80. The molecule has 0 fully saturated rings. The van der Waals surface area contributed by atoms with Crippen molar-refractivity contribution >= 4 is 16.7 Å². The Kier molecular flexibility index (Phi) is 4.05. The summed E-state index contributed by atoms with van der Waals surface area (Å²) < 4.78 is 5.49. The SMILES string of the molecule is Cc1ccccc1-c1cc(=O)oc2cc(N(C)Cc3ccn[nH]3)ccc12. The minimum Gasteiger partial charge on any atom is -0.423 e. The number of anilines is 1. The topological polar surface area (TPSA) is 62.1 Å². The van der Waals surface area contributed by atoms with Crippen molar-refractivity contribution in [3.63, 3.8) is 0 Å². The molecule has 0 radical (unpaired) electrons. The van der Waals surface area contributed by atoms with Crippen LogP contribution < -0.4 is 10.5 Å². The van der Waals surface area contributed by atoms with Crippen molar-refractivity contribution in [2.75, 3.05) is 11.9 Å². The summed E-state index contributed by atoms with van der Waals surface area (Å²) in [6.07, 6.45) is 1.73. The Labute approximate surface area is 150 Å². The summed E-state index contributed by atoms with van der Waals surface area (Å²) in [5, 5.41) is 7.86. The van der Waals surface area contributed by atoms with E-state index in [1.165, 1.54) is 0 Å². The molecule has 0 amide bonds. The molecule has 2 aromatic heterocycles. The van der Waals surface area contributed by atoms with Gasteiger partial charge in [-0.1, -0.05) is 24.3 Å². The Morgan fingerprint density at radius 1 is 1.08 bits per heavy atom. The second kappa shape index (κ2) is 6.52. The number of fused-ring (bicyclic) bond motifs is 1. The maximum atomic E-state index is 12.1. The monoisotopic (exact) mass is 345 g/mol. The molecule has 0 saturated carbocycles. The number of aromatic amines is 1. The Morgan fingerprint density at radius 3 is 2.69 bits per heavy atom. The second-order valence-corrected chi connectivity index (χ2v) is 6.41. The predicted octanol–water partition coefficient (Wildman–Crippen LogP) is 4.13. The van der Waals surface area contributed by atoms with E-state index >= 15 is 0 Å². The lowest BCUT2D eigenvalue weighted by Gasteiger charge is -2.19. The van der Waals surface area contributed by atoms with E-state index in [1.54, 1.807) is 12.3 Å². The van der Waals surface area contributed by atoms with Crippen molar-refractivity contribution in [1.29, 1.82) is 0 Å². The predicted molar refractivity (Wildman–Crippen MR) is 103 cm³/mol. The van der Waals surface area contributed by atoms with Crippen LogP contribution in [-0.2, 0) is 6.54 Å². The summed E-state index contributed by atoms with van der Waals surface area (Å²) >= 11 is 0. The minimum atomic E-state index is -0.343. The van der Waals surface area contributed by atoms with E-state index in [9.17, 15) is 4.79 Å². The fraction of sp³-hybridized carbons (Fsp3) is 0.143. The van der Waals surface area contributed by atoms with Gasteiger partial charge in [-0.05, 0) is 36.2 Å². The fourth-order valence-electron chi connectivity index (χ4n) is 3.21. The zero-order chi connectivity index (χ0) is 18.1. The first-order valence-electron chi connectivity index (χ1n) is 8.45. The van der Waals surface area contributed by atoms with Gasteiger partial charge in [-0.25, -0.2) is 4.79 Å². The average Bonchev–Trinajstić information content (AvgIpc) is 3.14. The molecule has 5 nitrogen and oxygen atoms in total. The van der Waals surface area contributed by atoms with Crippen molar-refractivity contribution in [2.45, 2.75) is 13.5 Å². The van der Waals surface area contributed by atoms with E-state index in [-0.39, 0.29) is 5.63 Å². The summed E-state index contributed by atoms with van der Waals surface area (Å²) in [7, 11) is 1.99. The third kappa shape index (κ3) is 2.99. The number of aromatic nitrogens is 2. The highest BCUT2D eigenvalue weighted by molar-refractivity contribution is 5.95. The van der Waals surface area contributed by atoms with E-state index in [2.05, 4.69) is 15.1 Å². The summed E-state index contributed by atoms with van der Waals surface area (Å²) in [6, 6.07) is 17.5. The van der Waals surface area contributed by atoms with Gasteiger partial charge in [-0.15, -0.1) is 0 Å². The van der Waals surface area contributed by atoms with Crippen molar-refractivity contribution in [3.05, 3.63) is 82.5 Å². The molecule has 2 aromatic carbocycles. The molecule has 5 heteroatoms. The molecule has 0 atom stereocenters. The minimum absolute atomic E-state index is 0.343. The smallest absolute Gasteiger partial charge is 0.336 e. The van der Waals surface area contributed by atoms with Crippen LogP contribution in [0.25, 0.3) is 22.1 Å². The van der Waals surface area contributed by atoms with E-state index in [4.69, 9.17) is 4.42 Å². The zero-order valence-electron chi connectivity index (χ0n) is 14.7. The molecule has 0 aliphatic rings. The normalized spacial score (nSPS) is 11.0. The lowest BCUT2D eigenvalue weighted by Crippen LogP contribution is -2.16. The van der Waals surface area contributed by atoms with Gasteiger partial charge in [0.25, 0.3) is 0 Å². The summed E-state index contributed by atoms with van der Waals surface area (Å²) in [4.78, 5) is 14.2. The first-order valence-corrected chi connectivity index (χ1v) is 8.45. The van der Waals surface area contributed by atoms with Crippen molar-refractivity contribution in [2.24, 2.45) is 0 Å². The number of benzene rings is 2. The number of nitrogens with one attached hydrogen (secondary N) is 1. The third-order valence-electron chi connectivity index (χ3n) is 4.57. The molecule has 0 bridgehead atoms. The van der Waals surface area contributed by atoms with Gasteiger partial charge >= 0.3 is 5.63 Å². The largest absolute Gasteiger partial charge is 0.423 e. The molecule has 2 heterocycles. The van der Waals surface area contributed by atoms with Crippen LogP contribution in [0.3, 0.4) is 0 Å². The van der Waals surface area contributed by atoms with Crippen LogP contribution in [-0.4, -0.2) is 17.2 Å². The molecule has 0 spiro atoms. The highest BCUT2D eigenvalue weighted by Gasteiger charge is 2.12. The highest BCUT2D eigenvalue weighted by atomic mass is 16.4. The molecule has 0 saturated heterocycles. The van der Waals surface area contributed by atoms with Gasteiger partial charge in [0.1, 0.15) is 5.58 Å². The van der Waals surface area contributed by atoms with E-state index in [0.717, 1.165) is 33.5 Å². The van der Waals surface area contributed by atoms with Crippen LogP contribution >= 0.6 is 0 Å². The van der Waals surface area contributed by atoms with E-state index in [0.29, 0.717) is 12.1 Å². The van der Waals surface area contributed by atoms with Gasteiger partial charge in [-0.2, -0.15) is 5.10 Å². The van der Waals surface area contributed by atoms with Gasteiger partial charge < -0.3 is 9.32 Å². The Hall–Kier alpha value is -3.34. The lowest BCUT2D eigenvalue weighted by molar-refractivity contribution is 0.561. The molecule has 4 rings (SSSR count). The Morgan fingerprint density at radius 2 is 1.92 bits per heavy atom. The number of hydrogen-bond donors (Lipinski definition) is 1. The lowest BCUT2D eigenvalue weighted by atomic mass is 9.98. The maximum Gasteiger partial charge on any atom is 0.336 e. The van der Waals surface area contributed by atoms with Crippen LogP contribution in [0.5, 0.6) is 0 Å². The number of aryl methyl sites for hydroxylation is 1. The number of H-pyrrole nitrogens is 1. The van der Waals surface area contributed by atoms with Crippen LogP contribution in [0.4, 0.5) is 5.69 Å². The van der Waals surface area contributed by atoms with Crippen molar-refractivity contribution < 1.29 is 4.42 Å². The molecule has 1 N–H and O–H groups in total. The molecule has 130 valence electrons. The Bertz CT molecular complexity index is 1110. The molecule has 0 aliphatic carbocycles. The number of nitrogens with zero attached hydrogens (tertiary/aromatic N) is 2. The second-order valence-electron chi connectivity index (χ2n) is 6.41. The molecule has 26 heavy (non-hydrogen) atoms. The van der Waals surface area contributed by atoms with Gasteiger partial charge in [0.2, 0.25) is 0 Å². The standard InChI is InChI=1S/C21H19N3O2/c1-14-5-3-4-6-17(14)19-12-21(25)26-20-11-16(7-8-18(19)20)24(2)13-15-9-10-22-23-15/h3-12H,13H2,1-2H3,(H,22,23). The van der Waals surface area contributed by atoms with Crippen LogP contribution in [0.15, 0.2) is 70.0 Å². The third-order valence-corrected chi connectivity index (χ3v) is 4.57. The van der Waals surface area contributed by atoms with Gasteiger partial charge in [0.15, 0.2) is 0 Å². The maximum absolute atomic E-state index is 12.1. The molecule has 0 aliphatic heterocycles. The molecular weight excluding hydrogens is 326 g/mol. The average molecular weight is 345 g/mol. The van der Waals surface area contributed by atoms with E-state index < -0.39 is 0 Å². The van der Waals surface area contributed by atoms with Crippen LogP contribution in [0, 0.1) is 6.92 Å². The van der Waals surface area contributed by atoms with Crippen molar-refractivity contribution in [1.82, 2.24) is 10.2 Å². The molecule has 4 aromatic rings. The van der Waals surface area contributed by atoms with Gasteiger partial charge in [0.05, 0.1) is 12.2 Å². The first-order chi connectivity index (χ1) is 12.6. The van der Waals surface area contributed by atoms with Crippen molar-refractivity contribution in [3.8, 4) is 11.1 Å². The highest BCUT2D eigenvalue weighted by Crippen LogP contribution is 2.31. The summed E-state index contributed by atoms with van der Waals surface area (Å²) in [5.41, 5.74) is 5.30. The summed E-state index contributed by atoms with van der Waals surface area (Å²) in [6.45, 7) is 2.73. The van der Waals surface area contributed by atoms with E-state index in [1.807, 2.05) is 62.5 Å². The van der Waals surface area contributed by atoms with Crippen LogP contribution in [0.1, 0.15) is 11.3 Å². The molecule has 0 unspecified atom stereocenters. The van der Waals surface area contributed by atoms with Gasteiger partial charge in [-0.3, -0.25) is 5.10 Å². The summed E-state index contributed by atoms with van der Waals surface area (Å²) in [5.74, 6) is 0. The van der Waals surface area contributed by atoms with Gasteiger partial charge in [0, 0.05) is 42.0 Å². The number of rotatable bonds is 4. The zero-order valence-corrected chi connectivity index (χ0v) is 14.7.